The molecule has 0 heterocycles. The largest absolute Gasteiger partial charge is 0.469 e. The Kier molecular flexibility index (Phi) is 32.0. The molecule has 6 heteroatoms. The van der Waals surface area contributed by atoms with Gasteiger partial charge in [0.1, 0.15) is 0 Å². The summed E-state index contributed by atoms with van der Waals surface area (Å²) in [4.78, 5) is 14.3. The summed E-state index contributed by atoms with van der Waals surface area (Å²) in [6.07, 6.45) is 29.7. The van der Waals surface area contributed by atoms with Gasteiger partial charge in [-0.3, -0.25) is 4.79 Å². The second kappa shape index (κ2) is 32.0. The third-order valence-corrected chi connectivity index (χ3v) is 9.34. The highest BCUT2D eigenvalue weighted by Gasteiger charge is 2.13. The van der Waals surface area contributed by atoms with E-state index in [1.807, 2.05) is 0 Å². The Labute approximate surface area is 259 Å². The molecule has 0 aliphatic heterocycles. The SMILES string of the molecule is CCCCCCCCCC(CC(=O)OC)NCCCN(C)CCCCCCCCCC(CCCCCC)CSCl. The highest BCUT2D eigenvalue weighted by atomic mass is 35.7. The van der Waals surface area contributed by atoms with Crippen molar-refractivity contribution < 1.29 is 9.53 Å². The van der Waals surface area contributed by atoms with Crippen LogP contribution in [0.4, 0.5) is 0 Å². The molecular weight excluding hydrogens is 536 g/mol. The van der Waals surface area contributed by atoms with Gasteiger partial charge in [0.25, 0.3) is 0 Å². The third-order valence-electron chi connectivity index (χ3n) is 8.36. The number of nitrogens with zero attached hydrogens (tertiary/aromatic N) is 1. The molecule has 240 valence electrons. The number of halogens is 1. The standard InChI is InChI=1S/C34H69ClN2O2S/c1-5-7-9-11-13-17-21-26-33(30-34(38)39-4)36-27-23-29-37(3)28-22-18-15-12-14-16-20-25-32(31-40-35)24-19-10-8-6-2/h32-33,36H,5-31H2,1-4H3. The zero-order chi connectivity index (χ0) is 29.5. The van der Waals surface area contributed by atoms with E-state index in [0.29, 0.717) is 6.42 Å². The number of rotatable bonds is 32. The lowest BCUT2D eigenvalue weighted by atomic mass is 9.96. The lowest BCUT2D eigenvalue weighted by molar-refractivity contribution is -0.141. The number of esters is 1. The van der Waals surface area contributed by atoms with Crippen molar-refractivity contribution in [3.05, 3.63) is 0 Å². The third kappa shape index (κ3) is 28.2. The fourth-order valence-corrected chi connectivity index (χ4v) is 6.68. The highest BCUT2D eigenvalue weighted by Crippen LogP contribution is 2.24. The first-order valence-corrected chi connectivity index (χ1v) is 19.1. The van der Waals surface area contributed by atoms with Crippen LogP contribution in [-0.2, 0) is 9.53 Å². The van der Waals surface area contributed by atoms with Gasteiger partial charge in [0.2, 0.25) is 0 Å². The van der Waals surface area contributed by atoms with Gasteiger partial charge >= 0.3 is 5.97 Å². The first-order chi connectivity index (χ1) is 19.6. The molecule has 2 unspecified atom stereocenters. The Morgan fingerprint density at radius 2 is 1.20 bits per heavy atom. The summed E-state index contributed by atoms with van der Waals surface area (Å²) in [5.41, 5.74) is 0. The molecule has 0 aliphatic rings. The second-order valence-electron chi connectivity index (χ2n) is 12.3. The summed E-state index contributed by atoms with van der Waals surface area (Å²) in [7, 11) is 11.2. The molecule has 0 spiro atoms. The van der Waals surface area contributed by atoms with Crippen molar-refractivity contribution in [3.8, 4) is 0 Å². The lowest BCUT2D eigenvalue weighted by Gasteiger charge is -2.20. The molecule has 0 aromatic carbocycles. The molecule has 0 aliphatic carbocycles. The second-order valence-corrected chi connectivity index (χ2v) is 13.5. The van der Waals surface area contributed by atoms with Crippen LogP contribution >= 0.6 is 21.7 Å². The van der Waals surface area contributed by atoms with Gasteiger partial charge in [-0.15, -0.1) is 0 Å². The van der Waals surface area contributed by atoms with Crippen LogP contribution in [-0.4, -0.2) is 56.5 Å². The summed E-state index contributed by atoms with van der Waals surface area (Å²) in [6, 6.07) is 0.254. The fourth-order valence-electron chi connectivity index (χ4n) is 5.63. The fraction of sp³-hybridized carbons (Fsp3) is 0.971. The van der Waals surface area contributed by atoms with Crippen LogP contribution in [0.1, 0.15) is 162 Å². The Balaban J connectivity index is 3.78. The van der Waals surface area contributed by atoms with Gasteiger partial charge in [0.15, 0.2) is 0 Å². The Hall–Kier alpha value is 0.0300. The molecule has 2 atom stereocenters. The van der Waals surface area contributed by atoms with Crippen molar-refractivity contribution in [1.82, 2.24) is 10.2 Å². The van der Waals surface area contributed by atoms with Crippen molar-refractivity contribution >= 4 is 27.6 Å². The van der Waals surface area contributed by atoms with Crippen molar-refractivity contribution in [2.75, 3.05) is 39.5 Å². The normalized spacial score (nSPS) is 13.2. The first-order valence-electron chi connectivity index (χ1n) is 17.3. The van der Waals surface area contributed by atoms with E-state index in [0.717, 1.165) is 37.6 Å². The Morgan fingerprint density at radius 1 is 0.725 bits per heavy atom. The summed E-state index contributed by atoms with van der Waals surface area (Å²) in [6.45, 7) is 7.84. The minimum atomic E-state index is -0.0926. The van der Waals surface area contributed by atoms with Crippen LogP contribution < -0.4 is 5.32 Å². The van der Waals surface area contributed by atoms with Gasteiger partial charge in [-0.2, -0.15) is 0 Å². The summed E-state index contributed by atoms with van der Waals surface area (Å²) in [5.74, 6) is 1.86. The minimum absolute atomic E-state index is 0.0926. The average Bonchev–Trinajstić information content (AvgIpc) is 2.95. The summed E-state index contributed by atoms with van der Waals surface area (Å²) in [5, 5.41) is 3.65. The van der Waals surface area contributed by atoms with E-state index in [2.05, 4.69) is 31.1 Å². The number of hydrogen-bond acceptors (Lipinski definition) is 5. The maximum Gasteiger partial charge on any atom is 0.307 e. The van der Waals surface area contributed by atoms with E-state index >= 15 is 0 Å². The number of methoxy groups -OCH3 is 1. The molecule has 0 saturated heterocycles. The number of carbonyl (C=O) groups excluding carboxylic acids is 1. The van der Waals surface area contributed by atoms with E-state index in [-0.39, 0.29) is 12.0 Å². The topological polar surface area (TPSA) is 41.6 Å². The number of carbonyl (C=O) groups is 1. The van der Waals surface area contributed by atoms with Crippen LogP contribution in [0.25, 0.3) is 0 Å². The van der Waals surface area contributed by atoms with Gasteiger partial charge in [-0.1, -0.05) is 134 Å². The van der Waals surface area contributed by atoms with E-state index in [1.54, 1.807) is 0 Å². The van der Waals surface area contributed by atoms with Crippen LogP contribution in [0.2, 0.25) is 0 Å². The quantitative estimate of drug-likeness (QED) is 0.0611. The monoisotopic (exact) mass is 604 g/mol. The molecule has 0 aromatic heterocycles. The minimum Gasteiger partial charge on any atom is -0.469 e. The van der Waals surface area contributed by atoms with Gasteiger partial charge in [0.05, 0.1) is 13.5 Å². The summed E-state index contributed by atoms with van der Waals surface area (Å²) >= 11 is 0. The van der Waals surface area contributed by atoms with E-state index in [1.165, 1.54) is 153 Å². The molecule has 0 fully saturated rings. The molecule has 1 N–H and O–H groups in total. The zero-order valence-electron chi connectivity index (χ0n) is 27.3. The Bertz CT molecular complexity index is 526. The van der Waals surface area contributed by atoms with Gasteiger partial charge < -0.3 is 15.0 Å². The van der Waals surface area contributed by atoms with Crippen LogP contribution in [0.3, 0.4) is 0 Å². The molecule has 0 amide bonds. The molecule has 0 aromatic rings. The molecular formula is C34H69ClN2O2S. The predicted molar refractivity (Wildman–Crippen MR) is 181 cm³/mol. The van der Waals surface area contributed by atoms with Gasteiger partial charge in [-0.05, 0) is 75.4 Å². The molecule has 0 rings (SSSR count). The van der Waals surface area contributed by atoms with E-state index in [9.17, 15) is 4.79 Å². The van der Waals surface area contributed by atoms with Crippen LogP contribution in [0.15, 0.2) is 0 Å². The number of unbranched alkanes of at least 4 members (excludes halogenated alkanes) is 15. The van der Waals surface area contributed by atoms with Crippen molar-refractivity contribution in [3.63, 3.8) is 0 Å². The predicted octanol–water partition coefficient (Wildman–Crippen LogP) is 10.6. The highest BCUT2D eigenvalue weighted by molar-refractivity contribution is 8.21. The van der Waals surface area contributed by atoms with Crippen molar-refractivity contribution in [2.45, 2.75) is 168 Å². The molecule has 0 radical (unpaired) electrons. The Morgan fingerprint density at radius 3 is 1.75 bits per heavy atom. The molecule has 4 nitrogen and oxygen atoms in total. The lowest BCUT2D eigenvalue weighted by Crippen LogP contribution is -2.34. The van der Waals surface area contributed by atoms with E-state index in [4.69, 9.17) is 15.4 Å². The maximum absolute atomic E-state index is 11.8. The zero-order valence-corrected chi connectivity index (χ0v) is 28.9. The molecule has 0 saturated carbocycles. The number of ether oxygens (including phenoxy) is 1. The first kappa shape index (κ1) is 40.0. The van der Waals surface area contributed by atoms with Crippen molar-refractivity contribution in [1.29, 1.82) is 0 Å². The smallest absolute Gasteiger partial charge is 0.307 e. The van der Waals surface area contributed by atoms with Crippen LogP contribution in [0.5, 0.6) is 0 Å². The van der Waals surface area contributed by atoms with E-state index < -0.39 is 0 Å². The van der Waals surface area contributed by atoms with Gasteiger partial charge in [0, 0.05) is 11.8 Å². The van der Waals surface area contributed by atoms with Crippen molar-refractivity contribution in [2.24, 2.45) is 5.92 Å². The number of hydrogen-bond donors (Lipinski definition) is 1. The maximum atomic E-state index is 11.8. The average molecular weight is 605 g/mol. The number of nitrogens with one attached hydrogen (secondary N) is 1. The van der Waals surface area contributed by atoms with Crippen LogP contribution in [0, 0.1) is 5.92 Å². The van der Waals surface area contributed by atoms with Gasteiger partial charge in [-0.25, -0.2) is 0 Å². The summed E-state index contributed by atoms with van der Waals surface area (Å²) < 4.78 is 4.93. The molecule has 40 heavy (non-hydrogen) atoms. The molecule has 0 bridgehead atoms.